The Morgan fingerprint density at radius 2 is 1.92 bits per heavy atom. The number of pyridine rings is 1. The molecule has 0 radical (unpaired) electrons. The summed E-state index contributed by atoms with van der Waals surface area (Å²) in [6.07, 6.45) is 3.22. The summed E-state index contributed by atoms with van der Waals surface area (Å²) in [4.78, 5) is 12.7. The van der Waals surface area contributed by atoms with Gasteiger partial charge in [-0.1, -0.05) is 30.3 Å². The maximum Gasteiger partial charge on any atom is 0.166 e. The number of aliphatic hydroxyl groups excluding tert-OH is 1. The Labute approximate surface area is 139 Å². The van der Waals surface area contributed by atoms with Gasteiger partial charge >= 0.3 is 0 Å². The molecule has 0 saturated heterocycles. The summed E-state index contributed by atoms with van der Waals surface area (Å²) in [5.74, 6) is 1.20. The molecule has 2 aromatic heterocycles. The zero-order valence-electron chi connectivity index (χ0n) is 13.2. The zero-order valence-corrected chi connectivity index (χ0v) is 13.2. The number of aromatic nitrogens is 3. The van der Waals surface area contributed by atoms with Gasteiger partial charge in [-0.25, -0.2) is 15.0 Å². The quantitative estimate of drug-likeness (QED) is 0.681. The van der Waals surface area contributed by atoms with Crippen LogP contribution in [0.15, 0.2) is 48.8 Å². The highest BCUT2D eigenvalue weighted by atomic mass is 16.3. The van der Waals surface area contributed by atoms with Gasteiger partial charge in [0, 0.05) is 11.5 Å². The molecule has 6 nitrogen and oxygen atoms in total. The molecule has 0 atom stereocenters. The number of nitrogens with one attached hydrogen (secondary N) is 1. The third-order valence-corrected chi connectivity index (χ3v) is 4.82. The smallest absolute Gasteiger partial charge is 0.166 e. The number of fused-ring (bicyclic) bond motifs is 1. The van der Waals surface area contributed by atoms with E-state index in [4.69, 9.17) is 5.73 Å². The van der Waals surface area contributed by atoms with Crippen LogP contribution in [0, 0.1) is 0 Å². The van der Waals surface area contributed by atoms with Crippen molar-refractivity contribution in [1.82, 2.24) is 15.0 Å². The lowest BCUT2D eigenvalue weighted by molar-refractivity contribution is 0.108. The molecule has 1 aliphatic rings. The van der Waals surface area contributed by atoms with Crippen LogP contribution in [-0.4, -0.2) is 32.7 Å². The predicted molar refractivity (Wildman–Crippen MR) is 93.6 cm³/mol. The largest absolute Gasteiger partial charge is 0.395 e. The second-order valence-corrected chi connectivity index (χ2v) is 6.38. The summed E-state index contributed by atoms with van der Waals surface area (Å²) in [6, 6.07) is 14.1. The first-order chi connectivity index (χ1) is 11.7. The van der Waals surface area contributed by atoms with Crippen LogP contribution in [0.2, 0.25) is 0 Å². The number of hydrogen-bond acceptors (Lipinski definition) is 6. The van der Waals surface area contributed by atoms with Gasteiger partial charge in [0.05, 0.1) is 12.0 Å². The van der Waals surface area contributed by atoms with E-state index in [9.17, 15) is 5.11 Å². The van der Waals surface area contributed by atoms with Gasteiger partial charge in [-0.2, -0.15) is 0 Å². The first-order valence-corrected chi connectivity index (χ1v) is 8.00. The molecule has 0 spiro atoms. The van der Waals surface area contributed by atoms with Crippen molar-refractivity contribution in [2.24, 2.45) is 0 Å². The first-order valence-electron chi connectivity index (χ1n) is 8.00. The van der Waals surface area contributed by atoms with Crippen molar-refractivity contribution in [3.8, 4) is 0 Å². The van der Waals surface area contributed by atoms with Crippen LogP contribution in [0.25, 0.3) is 11.0 Å². The van der Waals surface area contributed by atoms with Crippen molar-refractivity contribution in [3.63, 3.8) is 0 Å². The number of nitrogen functional groups attached to an aromatic ring is 1. The number of rotatable bonds is 4. The van der Waals surface area contributed by atoms with Gasteiger partial charge in [-0.05, 0) is 30.5 Å². The molecule has 3 aromatic rings. The maximum atomic E-state index is 9.90. The van der Waals surface area contributed by atoms with Crippen LogP contribution < -0.4 is 11.1 Å². The van der Waals surface area contributed by atoms with Gasteiger partial charge in [0.15, 0.2) is 5.65 Å². The van der Waals surface area contributed by atoms with Crippen molar-refractivity contribution in [3.05, 3.63) is 54.4 Å². The zero-order chi connectivity index (χ0) is 16.6. The van der Waals surface area contributed by atoms with Gasteiger partial charge in [0.1, 0.15) is 18.0 Å². The Hall–Kier alpha value is -2.73. The van der Waals surface area contributed by atoms with E-state index in [1.807, 2.05) is 24.3 Å². The SMILES string of the molecule is Nc1ccc2c(NC3CC(CO)(c4ccccc4)C3)ncnc2n1. The highest BCUT2D eigenvalue weighted by Crippen LogP contribution is 2.44. The monoisotopic (exact) mass is 321 g/mol. The Morgan fingerprint density at radius 1 is 1.12 bits per heavy atom. The summed E-state index contributed by atoms with van der Waals surface area (Å²) in [5, 5.41) is 14.2. The lowest BCUT2D eigenvalue weighted by Crippen LogP contribution is -2.50. The normalized spacial score (nSPS) is 23.0. The maximum absolute atomic E-state index is 9.90. The number of nitrogens with zero attached hydrogens (tertiary/aromatic N) is 3. The molecule has 0 bridgehead atoms. The summed E-state index contributed by atoms with van der Waals surface area (Å²) in [6.45, 7) is 0.151. The molecular formula is C18H19N5O. The van der Waals surface area contributed by atoms with E-state index in [-0.39, 0.29) is 18.1 Å². The Morgan fingerprint density at radius 3 is 2.67 bits per heavy atom. The minimum Gasteiger partial charge on any atom is -0.395 e. The van der Waals surface area contributed by atoms with Gasteiger partial charge < -0.3 is 16.2 Å². The van der Waals surface area contributed by atoms with Crippen molar-refractivity contribution < 1.29 is 5.11 Å². The molecule has 4 rings (SSSR count). The molecule has 4 N–H and O–H groups in total. The van der Waals surface area contributed by atoms with Crippen LogP contribution in [0.1, 0.15) is 18.4 Å². The molecule has 0 unspecified atom stereocenters. The third-order valence-electron chi connectivity index (χ3n) is 4.82. The number of benzene rings is 1. The first kappa shape index (κ1) is 14.8. The van der Waals surface area contributed by atoms with Crippen LogP contribution in [0.3, 0.4) is 0 Å². The Bertz CT molecular complexity index is 862. The van der Waals surface area contributed by atoms with Crippen LogP contribution in [-0.2, 0) is 5.41 Å². The second kappa shape index (κ2) is 5.72. The van der Waals surface area contributed by atoms with Crippen molar-refractivity contribution in [2.75, 3.05) is 17.7 Å². The summed E-state index contributed by atoms with van der Waals surface area (Å²) in [5.41, 5.74) is 7.32. The van der Waals surface area contributed by atoms with E-state index in [1.165, 1.54) is 11.9 Å². The fourth-order valence-electron chi connectivity index (χ4n) is 3.50. The van der Waals surface area contributed by atoms with Gasteiger partial charge in [0.25, 0.3) is 0 Å². The van der Waals surface area contributed by atoms with Gasteiger partial charge in [-0.15, -0.1) is 0 Å². The van der Waals surface area contributed by atoms with Crippen molar-refractivity contribution in [2.45, 2.75) is 24.3 Å². The van der Waals surface area contributed by atoms with Gasteiger partial charge in [-0.3, -0.25) is 0 Å². The highest BCUT2D eigenvalue weighted by Gasteiger charge is 2.45. The van der Waals surface area contributed by atoms with Crippen molar-refractivity contribution in [1.29, 1.82) is 0 Å². The molecule has 1 aromatic carbocycles. The van der Waals surface area contributed by atoms with E-state index in [2.05, 4.69) is 32.4 Å². The van der Waals surface area contributed by atoms with E-state index < -0.39 is 0 Å². The average molecular weight is 321 g/mol. The number of nitrogens with two attached hydrogens (primary N) is 1. The molecular weight excluding hydrogens is 302 g/mol. The summed E-state index contributed by atoms with van der Waals surface area (Å²) in [7, 11) is 0. The average Bonchev–Trinajstić information content (AvgIpc) is 2.58. The molecule has 2 heterocycles. The number of anilines is 2. The molecule has 0 aliphatic heterocycles. The lowest BCUT2D eigenvalue weighted by atomic mass is 9.62. The molecule has 24 heavy (non-hydrogen) atoms. The number of hydrogen-bond donors (Lipinski definition) is 3. The molecule has 1 aliphatic carbocycles. The minimum atomic E-state index is -0.162. The van der Waals surface area contributed by atoms with E-state index >= 15 is 0 Å². The number of aliphatic hydroxyl groups is 1. The lowest BCUT2D eigenvalue weighted by Gasteiger charge is -2.47. The Balaban J connectivity index is 1.54. The van der Waals surface area contributed by atoms with E-state index in [1.54, 1.807) is 6.07 Å². The fourth-order valence-corrected chi connectivity index (χ4v) is 3.50. The molecule has 1 fully saturated rings. The molecule has 1 saturated carbocycles. The van der Waals surface area contributed by atoms with Crippen LogP contribution in [0.4, 0.5) is 11.6 Å². The molecule has 6 heteroatoms. The molecule has 0 amide bonds. The summed E-state index contributed by atoms with van der Waals surface area (Å²) >= 11 is 0. The molecule has 122 valence electrons. The summed E-state index contributed by atoms with van der Waals surface area (Å²) < 4.78 is 0. The predicted octanol–water partition coefficient (Wildman–Crippen LogP) is 2.11. The van der Waals surface area contributed by atoms with Crippen LogP contribution >= 0.6 is 0 Å². The van der Waals surface area contributed by atoms with Gasteiger partial charge in [0.2, 0.25) is 0 Å². The van der Waals surface area contributed by atoms with E-state index in [0.29, 0.717) is 11.5 Å². The minimum absolute atomic E-state index is 0.151. The topological polar surface area (TPSA) is 97.0 Å². The Kier molecular flexibility index (Phi) is 3.54. The highest BCUT2D eigenvalue weighted by molar-refractivity contribution is 5.87. The third kappa shape index (κ3) is 2.45. The standard InChI is InChI=1S/C18H19N5O/c19-15-7-6-14-16(20-11-21-17(14)23-15)22-13-8-18(9-13,10-24)12-4-2-1-3-5-12/h1-7,11,13,24H,8-10H2,(H3,19,20,21,22,23). The van der Waals surface area contributed by atoms with E-state index in [0.717, 1.165) is 24.0 Å². The van der Waals surface area contributed by atoms with Crippen LogP contribution in [0.5, 0.6) is 0 Å². The fraction of sp³-hybridized carbons (Fsp3) is 0.278. The second-order valence-electron chi connectivity index (χ2n) is 6.38. The van der Waals surface area contributed by atoms with Crippen molar-refractivity contribution >= 4 is 22.7 Å².